The number of hydrogen-bond donors (Lipinski definition) is 3. The number of aromatic amines is 1. The van der Waals surface area contributed by atoms with E-state index in [1.54, 1.807) is 6.20 Å². The Morgan fingerprint density at radius 1 is 1.65 bits per heavy atom. The summed E-state index contributed by atoms with van der Waals surface area (Å²) in [6, 6.07) is 0. The lowest BCUT2D eigenvalue weighted by Crippen LogP contribution is -2.40. The number of amides is 1. The molecule has 0 saturated heterocycles. The minimum Gasteiger partial charge on any atom is -0.330 e. The minimum atomic E-state index is 0.0362. The number of hydrogen-bond acceptors (Lipinski definition) is 3. The van der Waals surface area contributed by atoms with E-state index in [0.29, 0.717) is 13.0 Å². The number of carbonyl (C=O) groups is 1. The van der Waals surface area contributed by atoms with Gasteiger partial charge in [-0.2, -0.15) is 5.10 Å². The van der Waals surface area contributed by atoms with Gasteiger partial charge in [0.15, 0.2) is 0 Å². The van der Waals surface area contributed by atoms with E-state index in [-0.39, 0.29) is 11.3 Å². The molecule has 1 aromatic heterocycles. The van der Waals surface area contributed by atoms with Gasteiger partial charge in [-0.05, 0) is 31.2 Å². The van der Waals surface area contributed by atoms with Gasteiger partial charge in [-0.25, -0.2) is 0 Å². The van der Waals surface area contributed by atoms with E-state index in [4.69, 9.17) is 5.73 Å². The van der Waals surface area contributed by atoms with E-state index in [1.807, 2.05) is 6.92 Å². The molecule has 0 aliphatic heterocycles. The van der Waals surface area contributed by atoms with Gasteiger partial charge in [0, 0.05) is 12.0 Å². The zero-order valence-electron chi connectivity index (χ0n) is 10.3. The van der Waals surface area contributed by atoms with Crippen molar-refractivity contribution in [2.45, 2.75) is 39.0 Å². The van der Waals surface area contributed by atoms with Gasteiger partial charge in [-0.3, -0.25) is 9.89 Å². The van der Waals surface area contributed by atoms with Crippen molar-refractivity contribution in [2.24, 2.45) is 11.1 Å². The van der Waals surface area contributed by atoms with Crippen LogP contribution in [0.3, 0.4) is 0 Å². The summed E-state index contributed by atoms with van der Waals surface area (Å²) in [7, 11) is 0. The molecule has 94 valence electrons. The molecule has 2 rings (SSSR count). The fourth-order valence-corrected chi connectivity index (χ4v) is 2.34. The molecule has 4 N–H and O–H groups in total. The molecule has 5 heteroatoms. The number of aryl methyl sites for hydroxylation is 1. The summed E-state index contributed by atoms with van der Waals surface area (Å²) >= 11 is 0. The van der Waals surface area contributed by atoms with E-state index in [2.05, 4.69) is 15.5 Å². The van der Waals surface area contributed by atoms with Crippen LogP contribution < -0.4 is 11.1 Å². The fraction of sp³-hybridized carbons (Fsp3) is 0.667. The summed E-state index contributed by atoms with van der Waals surface area (Å²) < 4.78 is 0. The van der Waals surface area contributed by atoms with Gasteiger partial charge < -0.3 is 11.1 Å². The van der Waals surface area contributed by atoms with Crippen LogP contribution in [0.25, 0.3) is 0 Å². The highest BCUT2D eigenvalue weighted by atomic mass is 16.1. The third kappa shape index (κ3) is 2.49. The third-order valence-electron chi connectivity index (χ3n) is 3.75. The van der Waals surface area contributed by atoms with Crippen LogP contribution in [0.2, 0.25) is 0 Å². The number of anilines is 1. The Labute approximate surface area is 101 Å². The van der Waals surface area contributed by atoms with Crippen LogP contribution in [0.4, 0.5) is 5.82 Å². The van der Waals surface area contributed by atoms with Crippen molar-refractivity contribution in [1.82, 2.24) is 10.2 Å². The van der Waals surface area contributed by atoms with E-state index in [0.717, 1.165) is 30.6 Å². The fourth-order valence-electron chi connectivity index (χ4n) is 2.34. The van der Waals surface area contributed by atoms with Gasteiger partial charge in [0.05, 0.1) is 6.20 Å². The van der Waals surface area contributed by atoms with Crippen molar-refractivity contribution >= 4 is 11.7 Å². The summed E-state index contributed by atoms with van der Waals surface area (Å²) in [5, 5.41) is 9.63. The van der Waals surface area contributed by atoms with Crippen LogP contribution in [0.15, 0.2) is 6.20 Å². The molecule has 0 unspecified atom stereocenters. The molecule has 1 amide bonds. The maximum atomic E-state index is 11.9. The van der Waals surface area contributed by atoms with Crippen molar-refractivity contribution in [2.75, 3.05) is 11.9 Å². The molecule has 0 bridgehead atoms. The molecule has 1 aliphatic carbocycles. The standard InChI is InChI=1S/C12H20N4O/c1-2-9-7-14-16-11(9)15-10(17)6-12(8-13)4-3-5-12/h7H,2-6,8,13H2,1H3,(H2,14,15,16,17). The normalized spacial score (nSPS) is 17.5. The lowest BCUT2D eigenvalue weighted by molar-refractivity contribution is -0.119. The predicted molar refractivity (Wildman–Crippen MR) is 66.6 cm³/mol. The Balaban J connectivity index is 1.93. The van der Waals surface area contributed by atoms with Gasteiger partial charge >= 0.3 is 0 Å². The van der Waals surface area contributed by atoms with Crippen LogP contribution in [-0.4, -0.2) is 22.6 Å². The molecule has 5 nitrogen and oxygen atoms in total. The number of H-pyrrole nitrogens is 1. The van der Waals surface area contributed by atoms with Gasteiger partial charge in [-0.15, -0.1) is 0 Å². The summed E-state index contributed by atoms with van der Waals surface area (Å²) in [6.45, 7) is 2.64. The summed E-state index contributed by atoms with van der Waals surface area (Å²) in [6.07, 6.45) is 6.45. The van der Waals surface area contributed by atoms with Crippen molar-refractivity contribution in [3.63, 3.8) is 0 Å². The van der Waals surface area contributed by atoms with Crippen molar-refractivity contribution in [1.29, 1.82) is 0 Å². The first-order valence-electron chi connectivity index (χ1n) is 6.21. The monoisotopic (exact) mass is 236 g/mol. The molecule has 1 aliphatic rings. The minimum absolute atomic E-state index is 0.0362. The molecule has 0 aromatic carbocycles. The summed E-state index contributed by atoms with van der Waals surface area (Å²) in [5.74, 6) is 0.762. The van der Waals surface area contributed by atoms with Gasteiger partial charge in [0.2, 0.25) is 5.91 Å². The number of nitrogens with one attached hydrogen (secondary N) is 2. The highest BCUT2D eigenvalue weighted by Gasteiger charge is 2.37. The first kappa shape index (κ1) is 12.1. The van der Waals surface area contributed by atoms with Crippen molar-refractivity contribution in [3.8, 4) is 0 Å². The van der Waals surface area contributed by atoms with Crippen LogP contribution in [-0.2, 0) is 11.2 Å². The molecular weight excluding hydrogens is 216 g/mol. The van der Waals surface area contributed by atoms with E-state index in [1.165, 1.54) is 6.42 Å². The maximum Gasteiger partial charge on any atom is 0.226 e. The molecule has 0 spiro atoms. The second kappa shape index (κ2) is 4.87. The predicted octanol–water partition coefficient (Wildman–Crippen LogP) is 1.43. The Kier molecular flexibility index (Phi) is 3.47. The second-order valence-electron chi connectivity index (χ2n) is 4.91. The molecule has 1 aromatic rings. The zero-order chi connectivity index (χ0) is 12.3. The SMILES string of the molecule is CCc1cn[nH]c1NC(=O)CC1(CN)CCC1. The highest BCUT2D eigenvalue weighted by Crippen LogP contribution is 2.43. The third-order valence-corrected chi connectivity index (χ3v) is 3.75. The highest BCUT2D eigenvalue weighted by molar-refractivity contribution is 5.90. The Morgan fingerprint density at radius 2 is 2.41 bits per heavy atom. The average molecular weight is 236 g/mol. The first-order chi connectivity index (χ1) is 8.19. The molecule has 17 heavy (non-hydrogen) atoms. The molecule has 1 fully saturated rings. The Hall–Kier alpha value is -1.36. The number of carbonyl (C=O) groups excluding carboxylic acids is 1. The Bertz CT molecular complexity index is 389. The smallest absolute Gasteiger partial charge is 0.226 e. The number of aromatic nitrogens is 2. The van der Waals surface area contributed by atoms with Gasteiger partial charge in [0.1, 0.15) is 5.82 Å². The van der Waals surface area contributed by atoms with Gasteiger partial charge in [-0.1, -0.05) is 13.3 Å². The average Bonchev–Trinajstić information content (AvgIpc) is 2.70. The van der Waals surface area contributed by atoms with Crippen LogP contribution in [0, 0.1) is 5.41 Å². The molecule has 0 atom stereocenters. The van der Waals surface area contributed by atoms with Crippen LogP contribution in [0.1, 0.15) is 38.2 Å². The largest absolute Gasteiger partial charge is 0.330 e. The van der Waals surface area contributed by atoms with E-state index >= 15 is 0 Å². The van der Waals surface area contributed by atoms with Crippen LogP contribution >= 0.6 is 0 Å². The maximum absolute atomic E-state index is 11.9. The number of nitrogens with two attached hydrogens (primary N) is 1. The Morgan fingerprint density at radius 3 is 2.94 bits per heavy atom. The quantitative estimate of drug-likeness (QED) is 0.723. The van der Waals surface area contributed by atoms with E-state index in [9.17, 15) is 4.79 Å². The molecule has 1 heterocycles. The van der Waals surface area contributed by atoms with Crippen LogP contribution in [0.5, 0.6) is 0 Å². The molecule has 1 saturated carbocycles. The zero-order valence-corrected chi connectivity index (χ0v) is 10.3. The van der Waals surface area contributed by atoms with E-state index < -0.39 is 0 Å². The van der Waals surface area contributed by atoms with Crippen molar-refractivity contribution in [3.05, 3.63) is 11.8 Å². The number of rotatable bonds is 5. The first-order valence-corrected chi connectivity index (χ1v) is 6.21. The van der Waals surface area contributed by atoms with Gasteiger partial charge in [0.25, 0.3) is 0 Å². The molecule has 0 radical (unpaired) electrons. The topological polar surface area (TPSA) is 83.8 Å². The molecular formula is C12H20N4O. The number of nitrogens with zero attached hydrogens (tertiary/aromatic N) is 1. The summed E-state index contributed by atoms with van der Waals surface area (Å²) in [4.78, 5) is 11.9. The summed E-state index contributed by atoms with van der Waals surface area (Å²) in [5.41, 5.74) is 6.83. The lowest BCUT2D eigenvalue weighted by atomic mass is 9.66. The lowest BCUT2D eigenvalue weighted by Gasteiger charge is -2.40. The van der Waals surface area contributed by atoms with Crippen molar-refractivity contribution < 1.29 is 4.79 Å². The second-order valence-corrected chi connectivity index (χ2v) is 4.91.